The van der Waals surface area contributed by atoms with Crippen LogP contribution in [0.1, 0.15) is 19.4 Å². The highest BCUT2D eigenvalue weighted by Gasteiger charge is 2.28. The molecule has 0 saturated carbocycles. The molecule has 5 nitrogen and oxygen atoms in total. The summed E-state index contributed by atoms with van der Waals surface area (Å²) in [5.74, 6) is -1.66. The Morgan fingerprint density at radius 2 is 2.00 bits per heavy atom. The molecule has 0 amide bonds. The lowest BCUT2D eigenvalue weighted by Crippen LogP contribution is -2.30. The molecular formula is C14H15ClO5. The van der Waals surface area contributed by atoms with Crippen LogP contribution in [-0.2, 0) is 9.59 Å². The van der Waals surface area contributed by atoms with E-state index in [0.717, 1.165) is 6.08 Å². The molecule has 0 aliphatic rings. The first-order valence-electron chi connectivity index (χ1n) is 5.79. The highest BCUT2D eigenvalue weighted by molar-refractivity contribution is 6.32. The normalized spacial score (nSPS) is 11.6. The summed E-state index contributed by atoms with van der Waals surface area (Å²) in [5.41, 5.74) is -0.409. The van der Waals surface area contributed by atoms with Gasteiger partial charge in [0.25, 0.3) is 0 Å². The summed E-state index contributed by atoms with van der Waals surface area (Å²) in [5, 5.41) is 17.8. The van der Waals surface area contributed by atoms with E-state index in [4.69, 9.17) is 26.6 Å². The first kappa shape index (κ1) is 16.0. The molecule has 20 heavy (non-hydrogen) atoms. The Hall–Kier alpha value is -2.01. The molecule has 6 heteroatoms. The van der Waals surface area contributed by atoms with E-state index in [1.54, 1.807) is 32.0 Å². The standard InChI is InChI=1S/C14H15ClO5/c1-14(2,13(18)19)8-20-11-5-3-9(7-10(11)15)4-6-12(16)17/h3-7H,8H2,1-2H3,(H,16,17)(H,18,19). The van der Waals surface area contributed by atoms with Crippen LogP contribution in [0.3, 0.4) is 0 Å². The molecular weight excluding hydrogens is 284 g/mol. The molecule has 0 unspecified atom stereocenters. The van der Waals surface area contributed by atoms with Gasteiger partial charge in [0.2, 0.25) is 0 Å². The summed E-state index contributed by atoms with van der Waals surface area (Å²) in [6.07, 6.45) is 2.40. The molecule has 0 heterocycles. The number of carbonyl (C=O) groups is 2. The molecule has 0 bridgehead atoms. The number of aliphatic carboxylic acids is 2. The highest BCUT2D eigenvalue weighted by Crippen LogP contribution is 2.28. The Balaban J connectivity index is 2.79. The third-order valence-electron chi connectivity index (χ3n) is 2.54. The van der Waals surface area contributed by atoms with Crippen molar-refractivity contribution in [3.8, 4) is 5.75 Å². The van der Waals surface area contributed by atoms with Crippen LogP contribution in [0.5, 0.6) is 5.75 Å². The van der Waals surface area contributed by atoms with Crippen molar-refractivity contribution in [2.75, 3.05) is 6.61 Å². The van der Waals surface area contributed by atoms with Gasteiger partial charge in [-0.3, -0.25) is 4.79 Å². The summed E-state index contributed by atoms with van der Waals surface area (Å²) in [6, 6.07) is 4.75. The van der Waals surface area contributed by atoms with Crippen molar-refractivity contribution >= 4 is 29.6 Å². The van der Waals surface area contributed by atoms with Crippen LogP contribution >= 0.6 is 11.6 Å². The van der Waals surface area contributed by atoms with Gasteiger partial charge in [-0.2, -0.15) is 0 Å². The van der Waals surface area contributed by atoms with Crippen LogP contribution in [-0.4, -0.2) is 28.8 Å². The van der Waals surface area contributed by atoms with Crippen LogP contribution in [0.4, 0.5) is 0 Å². The fraction of sp³-hybridized carbons (Fsp3) is 0.286. The Bertz CT molecular complexity index is 548. The van der Waals surface area contributed by atoms with Crippen molar-refractivity contribution in [1.82, 2.24) is 0 Å². The van der Waals surface area contributed by atoms with Crippen LogP contribution in [0.25, 0.3) is 6.08 Å². The van der Waals surface area contributed by atoms with Gasteiger partial charge >= 0.3 is 11.9 Å². The summed E-state index contributed by atoms with van der Waals surface area (Å²) >= 11 is 6.00. The molecule has 0 fully saturated rings. The number of carboxylic acids is 2. The minimum absolute atomic E-state index is 0.0215. The van der Waals surface area contributed by atoms with E-state index in [-0.39, 0.29) is 6.61 Å². The van der Waals surface area contributed by atoms with Gasteiger partial charge in [0, 0.05) is 6.08 Å². The zero-order chi connectivity index (χ0) is 15.3. The zero-order valence-electron chi connectivity index (χ0n) is 11.1. The van der Waals surface area contributed by atoms with Crippen molar-refractivity contribution in [1.29, 1.82) is 0 Å². The Morgan fingerprint density at radius 1 is 1.35 bits per heavy atom. The maximum Gasteiger partial charge on any atom is 0.328 e. The maximum absolute atomic E-state index is 11.0. The predicted molar refractivity (Wildman–Crippen MR) is 75.0 cm³/mol. The largest absolute Gasteiger partial charge is 0.491 e. The van der Waals surface area contributed by atoms with Gasteiger partial charge in [-0.15, -0.1) is 0 Å². The van der Waals surface area contributed by atoms with Crippen LogP contribution < -0.4 is 4.74 Å². The van der Waals surface area contributed by atoms with Gasteiger partial charge < -0.3 is 14.9 Å². The van der Waals surface area contributed by atoms with Crippen molar-refractivity contribution in [3.63, 3.8) is 0 Å². The van der Waals surface area contributed by atoms with Gasteiger partial charge in [0.15, 0.2) is 0 Å². The monoisotopic (exact) mass is 298 g/mol. The molecule has 1 aromatic rings. The third kappa shape index (κ3) is 4.59. The van der Waals surface area contributed by atoms with E-state index in [0.29, 0.717) is 16.3 Å². The maximum atomic E-state index is 11.0. The zero-order valence-corrected chi connectivity index (χ0v) is 11.8. The predicted octanol–water partition coefficient (Wildman–Crippen LogP) is 2.93. The van der Waals surface area contributed by atoms with E-state index in [1.165, 1.54) is 6.08 Å². The molecule has 0 aromatic heterocycles. The number of rotatable bonds is 6. The lowest BCUT2D eigenvalue weighted by Gasteiger charge is -2.20. The first-order chi connectivity index (χ1) is 9.22. The molecule has 0 spiro atoms. The number of halogens is 1. The second-order valence-electron chi connectivity index (χ2n) is 4.84. The van der Waals surface area contributed by atoms with Crippen LogP contribution in [0.15, 0.2) is 24.3 Å². The quantitative estimate of drug-likeness (QED) is 0.789. The second kappa shape index (κ2) is 6.43. The number of benzene rings is 1. The molecule has 1 rings (SSSR count). The van der Waals surface area contributed by atoms with E-state index in [9.17, 15) is 9.59 Å². The molecule has 0 saturated heterocycles. The van der Waals surface area contributed by atoms with E-state index >= 15 is 0 Å². The number of carboxylic acid groups (broad SMARTS) is 2. The summed E-state index contributed by atoms with van der Waals surface area (Å²) in [4.78, 5) is 21.4. The van der Waals surface area contributed by atoms with Crippen molar-refractivity contribution < 1.29 is 24.5 Å². The van der Waals surface area contributed by atoms with Crippen molar-refractivity contribution in [3.05, 3.63) is 34.9 Å². The average molecular weight is 299 g/mol. The van der Waals surface area contributed by atoms with Crippen LogP contribution in [0.2, 0.25) is 5.02 Å². The van der Waals surface area contributed by atoms with E-state index < -0.39 is 17.4 Å². The molecule has 0 atom stereocenters. The average Bonchev–Trinajstić information content (AvgIpc) is 2.35. The first-order valence-corrected chi connectivity index (χ1v) is 6.17. The van der Waals surface area contributed by atoms with Crippen molar-refractivity contribution in [2.24, 2.45) is 5.41 Å². The Morgan fingerprint density at radius 3 is 2.50 bits per heavy atom. The Labute approximate surface area is 121 Å². The van der Waals surface area contributed by atoms with Crippen LogP contribution in [0, 0.1) is 5.41 Å². The van der Waals surface area contributed by atoms with Gasteiger partial charge in [-0.05, 0) is 37.6 Å². The van der Waals surface area contributed by atoms with Crippen molar-refractivity contribution in [2.45, 2.75) is 13.8 Å². The molecule has 2 N–H and O–H groups in total. The molecule has 108 valence electrons. The summed E-state index contributed by atoms with van der Waals surface area (Å²) in [6.45, 7) is 3.08. The second-order valence-corrected chi connectivity index (χ2v) is 5.25. The number of hydrogen-bond acceptors (Lipinski definition) is 3. The lowest BCUT2D eigenvalue weighted by molar-refractivity contribution is -0.148. The van der Waals surface area contributed by atoms with Gasteiger partial charge in [-0.1, -0.05) is 17.7 Å². The summed E-state index contributed by atoms with van der Waals surface area (Å²) < 4.78 is 5.39. The topological polar surface area (TPSA) is 83.8 Å². The number of ether oxygens (including phenoxy) is 1. The van der Waals surface area contributed by atoms with Gasteiger partial charge in [-0.25, -0.2) is 4.79 Å². The minimum Gasteiger partial charge on any atom is -0.491 e. The fourth-order valence-electron chi connectivity index (χ4n) is 1.23. The minimum atomic E-state index is -1.05. The number of hydrogen-bond donors (Lipinski definition) is 2. The smallest absolute Gasteiger partial charge is 0.328 e. The third-order valence-corrected chi connectivity index (χ3v) is 2.84. The van der Waals surface area contributed by atoms with E-state index in [1.807, 2.05) is 0 Å². The Kier molecular flexibility index (Phi) is 5.16. The SMILES string of the molecule is CC(C)(COc1ccc(C=CC(=O)O)cc1Cl)C(=O)O. The van der Waals surface area contributed by atoms with Gasteiger partial charge in [0.1, 0.15) is 12.4 Å². The molecule has 0 aliphatic heterocycles. The van der Waals surface area contributed by atoms with Gasteiger partial charge in [0.05, 0.1) is 10.4 Å². The molecule has 0 radical (unpaired) electrons. The molecule has 1 aromatic carbocycles. The lowest BCUT2D eigenvalue weighted by atomic mass is 9.95. The molecule has 0 aliphatic carbocycles. The van der Waals surface area contributed by atoms with E-state index in [2.05, 4.69) is 0 Å². The summed E-state index contributed by atoms with van der Waals surface area (Å²) in [7, 11) is 0. The highest BCUT2D eigenvalue weighted by atomic mass is 35.5. The fourth-order valence-corrected chi connectivity index (χ4v) is 1.47.